The number of amides is 2. The van der Waals surface area contributed by atoms with E-state index < -0.39 is 0 Å². The maximum Gasteiger partial charge on any atom is 0.245 e. The van der Waals surface area contributed by atoms with Crippen molar-refractivity contribution < 1.29 is 14.3 Å². The van der Waals surface area contributed by atoms with Gasteiger partial charge in [0, 0.05) is 38.2 Å². The van der Waals surface area contributed by atoms with Crippen LogP contribution in [0.3, 0.4) is 0 Å². The average molecular weight is 513 g/mol. The number of anilines is 1. The average Bonchev–Trinajstić information content (AvgIpc) is 3.27. The molecule has 2 amide bonds. The molecule has 2 rings (SSSR count). The SMILES string of the molecule is CCCCCCCCCC(=O)N(CCCOC)CC(=O)Nc1cc(C(C)(C)C)nn1-c1ccc(C)cc1. The molecule has 0 fully saturated rings. The highest BCUT2D eigenvalue weighted by Gasteiger charge is 2.23. The number of carbonyl (C=O) groups is 2. The van der Waals surface area contributed by atoms with E-state index in [-0.39, 0.29) is 23.8 Å². The van der Waals surface area contributed by atoms with Gasteiger partial charge in [0.2, 0.25) is 11.8 Å². The first-order valence-electron chi connectivity index (χ1n) is 13.9. The normalized spacial score (nSPS) is 11.5. The van der Waals surface area contributed by atoms with Gasteiger partial charge in [-0.2, -0.15) is 5.10 Å². The van der Waals surface area contributed by atoms with Crippen LogP contribution in [-0.2, 0) is 19.7 Å². The third-order valence-electron chi connectivity index (χ3n) is 6.48. The molecule has 0 saturated carbocycles. The highest BCUT2D eigenvalue weighted by atomic mass is 16.5. The predicted octanol–water partition coefficient (Wildman–Crippen LogP) is 6.42. The van der Waals surface area contributed by atoms with Crippen LogP contribution in [0.5, 0.6) is 0 Å². The highest BCUT2D eigenvalue weighted by molar-refractivity contribution is 5.94. The van der Waals surface area contributed by atoms with Gasteiger partial charge in [0.25, 0.3) is 0 Å². The monoisotopic (exact) mass is 512 g/mol. The summed E-state index contributed by atoms with van der Waals surface area (Å²) in [5, 5.41) is 7.81. The minimum Gasteiger partial charge on any atom is -0.385 e. The number of rotatable bonds is 16. The van der Waals surface area contributed by atoms with Crippen LogP contribution in [0.15, 0.2) is 30.3 Å². The van der Waals surface area contributed by atoms with E-state index in [1.54, 1.807) is 16.7 Å². The molecule has 0 atom stereocenters. The maximum atomic E-state index is 13.2. The molecule has 7 nitrogen and oxygen atoms in total. The van der Waals surface area contributed by atoms with Crippen LogP contribution in [0.1, 0.15) is 96.7 Å². The van der Waals surface area contributed by atoms with E-state index >= 15 is 0 Å². The second-order valence-corrected chi connectivity index (χ2v) is 11.0. The van der Waals surface area contributed by atoms with E-state index in [9.17, 15) is 9.59 Å². The zero-order valence-corrected chi connectivity index (χ0v) is 23.9. The summed E-state index contributed by atoms with van der Waals surface area (Å²) in [5.74, 6) is 0.413. The molecule has 1 N–H and O–H groups in total. The Labute approximate surface area is 224 Å². The fraction of sp³-hybridized carbons (Fsp3) is 0.633. The third kappa shape index (κ3) is 10.7. The summed E-state index contributed by atoms with van der Waals surface area (Å²) < 4.78 is 6.95. The number of aryl methyl sites for hydroxylation is 1. The van der Waals surface area contributed by atoms with Crippen LogP contribution in [0.25, 0.3) is 5.69 Å². The van der Waals surface area contributed by atoms with Crippen molar-refractivity contribution in [3.8, 4) is 5.69 Å². The van der Waals surface area contributed by atoms with Gasteiger partial charge in [0.05, 0.1) is 17.9 Å². The molecule has 1 heterocycles. The summed E-state index contributed by atoms with van der Waals surface area (Å²) in [5.41, 5.74) is 2.75. The molecule has 7 heteroatoms. The minimum atomic E-state index is -0.223. The number of ether oxygens (including phenoxy) is 1. The Morgan fingerprint density at radius 3 is 2.27 bits per heavy atom. The quantitative estimate of drug-likeness (QED) is 0.263. The van der Waals surface area contributed by atoms with Crippen molar-refractivity contribution in [3.63, 3.8) is 0 Å². The summed E-state index contributed by atoms with van der Waals surface area (Å²) in [6, 6.07) is 9.96. The number of hydrogen-bond acceptors (Lipinski definition) is 4. The van der Waals surface area contributed by atoms with Gasteiger partial charge in [-0.15, -0.1) is 0 Å². The van der Waals surface area contributed by atoms with Crippen molar-refractivity contribution in [1.82, 2.24) is 14.7 Å². The standard InChI is InChI=1S/C30H48N4O3/c1-7-8-9-10-11-12-13-15-29(36)33(20-14-21-37-6)23-28(35)31-27-22-26(30(3,4)5)32-34(27)25-18-16-24(2)17-19-25/h16-19,22H,7-15,20-21,23H2,1-6H3,(H,31,35). The molecule has 2 aromatic rings. The fourth-order valence-electron chi connectivity index (χ4n) is 4.16. The topological polar surface area (TPSA) is 76.5 Å². The molecule has 0 spiro atoms. The van der Waals surface area contributed by atoms with Crippen LogP contribution >= 0.6 is 0 Å². The molecule has 37 heavy (non-hydrogen) atoms. The number of nitrogens with zero attached hydrogens (tertiary/aromatic N) is 3. The number of aromatic nitrogens is 2. The van der Waals surface area contributed by atoms with Crippen LogP contribution in [-0.4, -0.2) is 53.3 Å². The maximum absolute atomic E-state index is 13.2. The second-order valence-electron chi connectivity index (χ2n) is 11.0. The van der Waals surface area contributed by atoms with E-state index in [2.05, 4.69) is 33.0 Å². The first-order chi connectivity index (χ1) is 17.7. The zero-order chi connectivity index (χ0) is 27.3. The summed E-state index contributed by atoms with van der Waals surface area (Å²) in [6.45, 7) is 11.6. The van der Waals surface area contributed by atoms with Gasteiger partial charge in [-0.3, -0.25) is 9.59 Å². The molecule has 0 radical (unpaired) electrons. The number of hydrogen-bond donors (Lipinski definition) is 1. The Morgan fingerprint density at radius 1 is 1.00 bits per heavy atom. The van der Waals surface area contributed by atoms with Gasteiger partial charge in [-0.1, -0.05) is 83.9 Å². The molecule has 0 bridgehead atoms. The highest BCUT2D eigenvalue weighted by Crippen LogP contribution is 2.26. The second kappa shape index (κ2) is 15.6. The lowest BCUT2D eigenvalue weighted by Gasteiger charge is -2.22. The number of nitrogens with one attached hydrogen (secondary N) is 1. The molecule has 1 aromatic carbocycles. The van der Waals surface area contributed by atoms with Crippen molar-refractivity contribution in [3.05, 3.63) is 41.6 Å². The molecule has 0 aliphatic rings. The molecular formula is C30H48N4O3. The van der Waals surface area contributed by atoms with E-state index in [1.807, 2.05) is 37.3 Å². The molecule has 0 aliphatic carbocycles. The van der Waals surface area contributed by atoms with Crippen molar-refractivity contribution in [1.29, 1.82) is 0 Å². The summed E-state index contributed by atoms with van der Waals surface area (Å²) in [4.78, 5) is 27.8. The molecule has 0 aliphatic heterocycles. The minimum absolute atomic E-state index is 0.0168. The lowest BCUT2D eigenvalue weighted by molar-refractivity contribution is -0.135. The van der Waals surface area contributed by atoms with Gasteiger partial charge in [0.15, 0.2) is 0 Å². The van der Waals surface area contributed by atoms with Crippen molar-refractivity contribution >= 4 is 17.6 Å². The number of carbonyl (C=O) groups excluding carboxylic acids is 2. The van der Waals surface area contributed by atoms with Gasteiger partial charge in [-0.05, 0) is 31.9 Å². The van der Waals surface area contributed by atoms with Crippen molar-refractivity contribution in [2.45, 2.75) is 97.8 Å². The molecule has 206 valence electrons. The molecule has 0 unspecified atom stereocenters. The van der Waals surface area contributed by atoms with E-state index in [4.69, 9.17) is 9.84 Å². The summed E-state index contributed by atoms with van der Waals surface area (Å²) in [6.07, 6.45) is 9.27. The predicted molar refractivity (Wildman–Crippen MR) is 151 cm³/mol. The van der Waals surface area contributed by atoms with E-state index in [1.165, 1.54) is 25.7 Å². The van der Waals surface area contributed by atoms with Crippen molar-refractivity contribution in [2.24, 2.45) is 0 Å². The Balaban J connectivity index is 2.07. The van der Waals surface area contributed by atoms with Crippen LogP contribution < -0.4 is 5.32 Å². The smallest absolute Gasteiger partial charge is 0.245 e. The fourth-order valence-corrected chi connectivity index (χ4v) is 4.16. The first kappa shape index (κ1) is 30.6. The lowest BCUT2D eigenvalue weighted by atomic mass is 9.92. The Kier molecular flexibility index (Phi) is 12.8. The number of unbranched alkanes of at least 4 members (excludes halogenated alkanes) is 6. The first-order valence-corrected chi connectivity index (χ1v) is 13.9. The summed E-state index contributed by atoms with van der Waals surface area (Å²) in [7, 11) is 1.65. The summed E-state index contributed by atoms with van der Waals surface area (Å²) >= 11 is 0. The van der Waals surface area contributed by atoms with Gasteiger partial charge in [0.1, 0.15) is 5.82 Å². The lowest BCUT2D eigenvalue weighted by Crippen LogP contribution is -2.39. The molecular weight excluding hydrogens is 464 g/mol. The van der Waals surface area contributed by atoms with Gasteiger partial charge < -0.3 is 15.0 Å². The third-order valence-corrected chi connectivity index (χ3v) is 6.48. The van der Waals surface area contributed by atoms with Crippen LogP contribution in [0.2, 0.25) is 0 Å². The largest absolute Gasteiger partial charge is 0.385 e. The van der Waals surface area contributed by atoms with E-state index in [0.29, 0.717) is 31.8 Å². The van der Waals surface area contributed by atoms with Gasteiger partial charge >= 0.3 is 0 Å². The van der Waals surface area contributed by atoms with Crippen LogP contribution in [0, 0.1) is 6.92 Å². The van der Waals surface area contributed by atoms with Crippen LogP contribution in [0.4, 0.5) is 5.82 Å². The zero-order valence-electron chi connectivity index (χ0n) is 23.9. The molecule has 1 aromatic heterocycles. The number of benzene rings is 1. The Bertz CT molecular complexity index is 960. The number of methoxy groups -OCH3 is 1. The molecule has 0 saturated heterocycles. The van der Waals surface area contributed by atoms with E-state index in [0.717, 1.165) is 36.2 Å². The van der Waals surface area contributed by atoms with Gasteiger partial charge in [-0.25, -0.2) is 4.68 Å². The Morgan fingerprint density at radius 2 is 1.65 bits per heavy atom. The Hall–Kier alpha value is -2.67. The van der Waals surface area contributed by atoms with Crippen molar-refractivity contribution in [2.75, 3.05) is 32.1 Å².